The lowest BCUT2D eigenvalue weighted by Crippen LogP contribution is -2.48. The molecule has 0 bridgehead atoms. The number of carbonyl (C=O) groups excluding carboxylic acids is 1. The van der Waals surface area contributed by atoms with Gasteiger partial charge in [-0.2, -0.15) is 0 Å². The van der Waals surface area contributed by atoms with Gasteiger partial charge in [0, 0.05) is 5.69 Å². The van der Waals surface area contributed by atoms with Gasteiger partial charge in [0.05, 0.1) is 5.54 Å². The van der Waals surface area contributed by atoms with E-state index in [9.17, 15) is 4.79 Å². The third-order valence-electron chi connectivity index (χ3n) is 3.50. The predicted molar refractivity (Wildman–Crippen MR) is 70.2 cm³/mol. The lowest BCUT2D eigenvalue weighted by atomic mass is 9.99. The van der Waals surface area contributed by atoms with Crippen molar-refractivity contribution in [3.63, 3.8) is 0 Å². The standard InChI is InChI=1S/C14H20N2O/c1-10-5-6-12(11(2)9-10)16-13(17)14(3)7-4-8-15-14/h5-6,9,15H,4,7-8H2,1-3H3,(H,16,17). The van der Waals surface area contributed by atoms with Crippen molar-refractivity contribution in [3.05, 3.63) is 29.3 Å². The van der Waals surface area contributed by atoms with Crippen LogP contribution in [0.25, 0.3) is 0 Å². The third-order valence-corrected chi connectivity index (χ3v) is 3.50. The number of hydrogen-bond acceptors (Lipinski definition) is 2. The van der Waals surface area contributed by atoms with Gasteiger partial charge in [0.25, 0.3) is 0 Å². The van der Waals surface area contributed by atoms with E-state index >= 15 is 0 Å². The SMILES string of the molecule is Cc1ccc(NC(=O)C2(C)CCCN2)c(C)c1. The summed E-state index contributed by atoms with van der Waals surface area (Å²) in [6.45, 7) is 6.97. The monoisotopic (exact) mass is 232 g/mol. The highest BCUT2D eigenvalue weighted by Gasteiger charge is 2.35. The van der Waals surface area contributed by atoms with Gasteiger partial charge < -0.3 is 10.6 Å². The second-order valence-corrected chi connectivity index (χ2v) is 5.13. The fraction of sp³-hybridized carbons (Fsp3) is 0.500. The van der Waals surface area contributed by atoms with E-state index in [4.69, 9.17) is 0 Å². The maximum Gasteiger partial charge on any atom is 0.244 e. The smallest absolute Gasteiger partial charge is 0.244 e. The molecule has 3 nitrogen and oxygen atoms in total. The summed E-state index contributed by atoms with van der Waals surface area (Å²) in [4.78, 5) is 12.2. The van der Waals surface area contributed by atoms with Crippen molar-refractivity contribution < 1.29 is 4.79 Å². The second-order valence-electron chi connectivity index (χ2n) is 5.13. The Bertz CT molecular complexity index is 434. The molecule has 1 aromatic carbocycles. The first-order valence-electron chi connectivity index (χ1n) is 6.15. The van der Waals surface area contributed by atoms with E-state index in [1.165, 1.54) is 5.56 Å². The lowest BCUT2D eigenvalue weighted by Gasteiger charge is -2.23. The molecule has 0 spiro atoms. The first-order chi connectivity index (χ1) is 8.01. The number of hydrogen-bond donors (Lipinski definition) is 2. The molecule has 1 saturated heterocycles. The highest BCUT2D eigenvalue weighted by molar-refractivity contribution is 5.98. The third kappa shape index (κ3) is 2.50. The highest BCUT2D eigenvalue weighted by atomic mass is 16.2. The van der Waals surface area contributed by atoms with Gasteiger partial charge in [0.2, 0.25) is 5.91 Å². The van der Waals surface area contributed by atoms with Crippen LogP contribution in [0.1, 0.15) is 30.9 Å². The van der Waals surface area contributed by atoms with Crippen molar-refractivity contribution in [1.29, 1.82) is 0 Å². The molecule has 1 aliphatic rings. The first kappa shape index (κ1) is 12.1. The normalized spacial score (nSPS) is 23.7. The largest absolute Gasteiger partial charge is 0.324 e. The second kappa shape index (κ2) is 4.49. The number of nitrogens with one attached hydrogen (secondary N) is 2. The molecule has 3 heteroatoms. The predicted octanol–water partition coefficient (Wildman–Crippen LogP) is 2.38. The minimum Gasteiger partial charge on any atom is -0.324 e. The van der Waals surface area contributed by atoms with Gasteiger partial charge in [-0.05, 0) is 51.8 Å². The molecule has 0 radical (unpaired) electrons. The van der Waals surface area contributed by atoms with Crippen LogP contribution in [0.15, 0.2) is 18.2 Å². The molecule has 1 heterocycles. The average Bonchev–Trinajstić information content (AvgIpc) is 2.71. The van der Waals surface area contributed by atoms with Gasteiger partial charge in [0.15, 0.2) is 0 Å². The maximum absolute atomic E-state index is 12.2. The summed E-state index contributed by atoms with van der Waals surface area (Å²) in [6, 6.07) is 6.08. The number of benzene rings is 1. The molecule has 17 heavy (non-hydrogen) atoms. The molecule has 92 valence electrons. The minimum absolute atomic E-state index is 0.0713. The van der Waals surface area contributed by atoms with Crippen LogP contribution >= 0.6 is 0 Å². The van der Waals surface area contributed by atoms with Crippen LogP contribution in [0, 0.1) is 13.8 Å². The van der Waals surface area contributed by atoms with Crippen LogP contribution in [0.3, 0.4) is 0 Å². The molecular formula is C14H20N2O. The number of aryl methyl sites for hydroxylation is 2. The zero-order valence-corrected chi connectivity index (χ0v) is 10.8. The minimum atomic E-state index is -0.405. The molecule has 1 aliphatic heterocycles. The van der Waals surface area contributed by atoms with Gasteiger partial charge in [-0.1, -0.05) is 17.7 Å². The van der Waals surface area contributed by atoms with Crippen LogP contribution in [-0.4, -0.2) is 18.0 Å². The van der Waals surface area contributed by atoms with Gasteiger partial charge in [-0.3, -0.25) is 4.79 Å². The van der Waals surface area contributed by atoms with E-state index in [0.29, 0.717) is 0 Å². The molecule has 1 amide bonds. The van der Waals surface area contributed by atoms with E-state index in [1.54, 1.807) is 0 Å². The van der Waals surface area contributed by atoms with E-state index in [0.717, 1.165) is 30.6 Å². The van der Waals surface area contributed by atoms with Crippen LogP contribution in [-0.2, 0) is 4.79 Å². The summed E-state index contributed by atoms with van der Waals surface area (Å²) in [5.74, 6) is 0.0713. The maximum atomic E-state index is 12.2. The molecule has 1 unspecified atom stereocenters. The van der Waals surface area contributed by atoms with Crippen molar-refractivity contribution in [2.45, 2.75) is 39.2 Å². The van der Waals surface area contributed by atoms with Crippen molar-refractivity contribution in [1.82, 2.24) is 5.32 Å². The summed E-state index contributed by atoms with van der Waals surface area (Å²) < 4.78 is 0. The molecule has 0 aromatic heterocycles. The Hall–Kier alpha value is -1.35. The number of carbonyl (C=O) groups is 1. The van der Waals surface area contributed by atoms with Crippen LogP contribution < -0.4 is 10.6 Å². The Morgan fingerprint density at radius 3 is 2.76 bits per heavy atom. The quantitative estimate of drug-likeness (QED) is 0.822. The van der Waals surface area contributed by atoms with E-state index in [-0.39, 0.29) is 5.91 Å². The summed E-state index contributed by atoms with van der Waals surface area (Å²) in [5.41, 5.74) is 2.83. The van der Waals surface area contributed by atoms with Gasteiger partial charge in [0.1, 0.15) is 0 Å². The molecular weight excluding hydrogens is 212 g/mol. The summed E-state index contributed by atoms with van der Waals surface area (Å²) in [6.07, 6.45) is 1.97. The fourth-order valence-corrected chi connectivity index (χ4v) is 2.30. The van der Waals surface area contributed by atoms with E-state index in [1.807, 2.05) is 26.0 Å². The highest BCUT2D eigenvalue weighted by Crippen LogP contribution is 2.22. The fourth-order valence-electron chi connectivity index (χ4n) is 2.30. The zero-order valence-electron chi connectivity index (χ0n) is 10.8. The Labute approximate surface area is 103 Å². The number of amides is 1. The molecule has 2 rings (SSSR count). The van der Waals surface area contributed by atoms with Gasteiger partial charge >= 0.3 is 0 Å². The summed E-state index contributed by atoms with van der Waals surface area (Å²) in [7, 11) is 0. The van der Waals surface area contributed by atoms with Crippen LogP contribution in [0.2, 0.25) is 0 Å². The van der Waals surface area contributed by atoms with Crippen molar-refractivity contribution in [3.8, 4) is 0 Å². The molecule has 1 atom stereocenters. The summed E-state index contributed by atoms with van der Waals surface area (Å²) in [5, 5.41) is 6.29. The summed E-state index contributed by atoms with van der Waals surface area (Å²) >= 11 is 0. The zero-order chi connectivity index (χ0) is 12.5. The van der Waals surface area contributed by atoms with E-state index < -0.39 is 5.54 Å². The molecule has 1 fully saturated rings. The Balaban J connectivity index is 2.13. The Morgan fingerprint density at radius 2 is 2.18 bits per heavy atom. The van der Waals surface area contributed by atoms with E-state index in [2.05, 4.69) is 23.6 Å². The average molecular weight is 232 g/mol. The van der Waals surface area contributed by atoms with Gasteiger partial charge in [-0.25, -0.2) is 0 Å². The molecule has 2 N–H and O–H groups in total. The van der Waals surface area contributed by atoms with Crippen LogP contribution in [0.4, 0.5) is 5.69 Å². The van der Waals surface area contributed by atoms with Crippen LogP contribution in [0.5, 0.6) is 0 Å². The number of anilines is 1. The molecule has 0 saturated carbocycles. The topological polar surface area (TPSA) is 41.1 Å². The van der Waals surface area contributed by atoms with Crippen molar-refractivity contribution in [2.75, 3.05) is 11.9 Å². The first-order valence-corrected chi connectivity index (χ1v) is 6.15. The van der Waals surface area contributed by atoms with Crippen molar-refractivity contribution >= 4 is 11.6 Å². The molecule has 1 aromatic rings. The van der Waals surface area contributed by atoms with Crippen molar-refractivity contribution in [2.24, 2.45) is 0 Å². The van der Waals surface area contributed by atoms with Gasteiger partial charge in [-0.15, -0.1) is 0 Å². The molecule has 0 aliphatic carbocycles. The Morgan fingerprint density at radius 1 is 1.41 bits per heavy atom. The lowest BCUT2D eigenvalue weighted by molar-refractivity contribution is -0.121. The number of rotatable bonds is 2. The Kier molecular flexibility index (Phi) is 3.20.